The van der Waals surface area contributed by atoms with E-state index in [-0.39, 0.29) is 0 Å². The molecule has 0 saturated heterocycles. The Balaban J connectivity index is 1.62. The molecule has 1 heterocycles. The molecule has 2 nitrogen and oxygen atoms in total. The summed E-state index contributed by atoms with van der Waals surface area (Å²) in [6.07, 6.45) is 6.99. The van der Waals surface area contributed by atoms with Gasteiger partial charge in [0.1, 0.15) is 0 Å². The van der Waals surface area contributed by atoms with Gasteiger partial charge in [0, 0.05) is 30.1 Å². The van der Waals surface area contributed by atoms with Gasteiger partial charge < -0.3 is 5.32 Å². The summed E-state index contributed by atoms with van der Waals surface area (Å²) in [6.45, 7) is 4.89. The Morgan fingerprint density at radius 3 is 2.80 bits per heavy atom. The summed E-state index contributed by atoms with van der Waals surface area (Å²) >= 11 is 1.91. The largest absolute Gasteiger partial charge is 0.317 e. The third-order valence-electron chi connectivity index (χ3n) is 5.09. The zero-order valence-electron chi connectivity index (χ0n) is 12.8. The van der Waals surface area contributed by atoms with Crippen LogP contribution in [0.15, 0.2) is 17.5 Å². The lowest BCUT2D eigenvalue weighted by molar-refractivity contribution is 0.139. The molecule has 0 spiro atoms. The van der Waals surface area contributed by atoms with Crippen LogP contribution in [-0.4, -0.2) is 30.6 Å². The first-order chi connectivity index (χ1) is 9.76. The number of nitrogens with zero attached hydrogens (tertiary/aromatic N) is 1. The van der Waals surface area contributed by atoms with E-state index in [9.17, 15) is 0 Å². The highest BCUT2D eigenvalue weighted by molar-refractivity contribution is 7.09. The average molecular weight is 292 g/mol. The Labute approximate surface area is 127 Å². The minimum atomic E-state index is 0.732. The number of nitrogens with one attached hydrogen (secondary N) is 1. The van der Waals surface area contributed by atoms with Crippen molar-refractivity contribution < 1.29 is 0 Å². The lowest BCUT2D eigenvalue weighted by Crippen LogP contribution is -2.44. The Morgan fingerprint density at radius 2 is 2.15 bits per heavy atom. The fourth-order valence-corrected chi connectivity index (χ4v) is 4.50. The molecule has 1 aromatic heterocycles. The fourth-order valence-electron chi connectivity index (χ4n) is 3.77. The molecule has 2 aliphatic carbocycles. The van der Waals surface area contributed by atoms with E-state index in [2.05, 4.69) is 41.7 Å². The Hall–Kier alpha value is -0.380. The third kappa shape index (κ3) is 3.63. The molecule has 2 aliphatic rings. The van der Waals surface area contributed by atoms with Gasteiger partial charge in [-0.05, 0) is 62.4 Å². The van der Waals surface area contributed by atoms with Gasteiger partial charge in [-0.2, -0.15) is 0 Å². The lowest BCUT2D eigenvalue weighted by atomic mass is 9.78. The van der Waals surface area contributed by atoms with Crippen molar-refractivity contribution in [1.82, 2.24) is 10.2 Å². The van der Waals surface area contributed by atoms with Crippen LogP contribution in [0.5, 0.6) is 0 Å². The van der Waals surface area contributed by atoms with E-state index in [1.54, 1.807) is 0 Å². The smallest absolute Gasteiger partial charge is 0.0330 e. The van der Waals surface area contributed by atoms with Gasteiger partial charge in [-0.3, -0.25) is 4.90 Å². The van der Waals surface area contributed by atoms with Crippen molar-refractivity contribution in [2.24, 2.45) is 11.8 Å². The summed E-state index contributed by atoms with van der Waals surface area (Å²) in [5.41, 5.74) is 0. The van der Waals surface area contributed by atoms with Crippen molar-refractivity contribution in [2.75, 3.05) is 13.6 Å². The molecule has 3 heteroatoms. The summed E-state index contributed by atoms with van der Waals surface area (Å²) in [7, 11) is 2.15. The van der Waals surface area contributed by atoms with Crippen LogP contribution < -0.4 is 5.32 Å². The molecular weight excluding hydrogens is 264 g/mol. The summed E-state index contributed by atoms with van der Waals surface area (Å²) < 4.78 is 0. The minimum absolute atomic E-state index is 0.732. The lowest BCUT2D eigenvalue weighted by Gasteiger charge is -2.38. The Kier molecular flexibility index (Phi) is 4.79. The first kappa shape index (κ1) is 14.6. The highest BCUT2D eigenvalue weighted by atomic mass is 32.1. The molecule has 1 aromatic rings. The van der Waals surface area contributed by atoms with Crippen LogP contribution in [0.1, 0.15) is 43.9 Å². The maximum absolute atomic E-state index is 3.57. The first-order valence-corrected chi connectivity index (χ1v) is 9.08. The minimum Gasteiger partial charge on any atom is -0.317 e. The maximum Gasteiger partial charge on any atom is 0.0330 e. The fraction of sp³-hybridized carbons (Fsp3) is 0.765. The van der Waals surface area contributed by atoms with Crippen LogP contribution in [0, 0.1) is 11.8 Å². The van der Waals surface area contributed by atoms with Crippen molar-refractivity contribution >= 4 is 11.3 Å². The van der Waals surface area contributed by atoms with Gasteiger partial charge in [-0.15, -0.1) is 11.3 Å². The van der Waals surface area contributed by atoms with Gasteiger partial charge in [0.25, 0.3) is 0 Å². The quantitative estimate of drug-likeness (QED) is 0.859. The predicted molar refractivity (Wildman–Crippen MR) is 87.1 cm³/mol. The van der Waals surface area contributed by atoms with Crippen molar-refractivity contribution in [2.45, 2.75) is 57.7 Å². The number of thiophene rings is 1. The zero-order chi connectivity index (χ0) is 13.9. The van der Waals surface area contributed by atoms with Gasteiger partial charge >= 0.3 is 0 Å². The van der Waals surface area contributed by atoms with Gasteiger partial charge in [0.05, 0.1) is 0 Å². The van der Waals surface area contributed by atoms with Crippen molar-refractivity contribution in [1.29, 1.82) is 0 Å². The molecule has 0 aromatic carbocycles. The SMILES string of the molecule is CNC1CCC(C)CC1CN(Cc1cccs1)C1CC1. The number of hydrogen-bond acceptors (Lipinski definition) is 3. The molecule has 112 valence electrons. The second-order valence-electron chi connectivity index (χ2n) is 6.81. The molecule has 0 bridgehead atoms. The molecule has 2 fully saturated rings. The second-order valence-corrected chi connectivity index (χ2v) is 7.85. The van der Waals surface area contributed by atoms with E-state index in [1.807, 2.05) is 11.3 Å². The highest BCUT2D eigenvalue weighted by Crippen LogP contribution is 2.34. The van der Waals surface area contributed by atoms with Gasteiger partial charge in [-0.25, -0.2) is 0 Å². The monoisotopic (exact) mass is 292 g/mol. The van der Waals surface area contributed by atoms with Crippen LogP contribution in [0.4, 0.5) is 0 Å². The highest BCUT2D eigenvalue weighted by Gasteiger charge is 2.34. The third-order valence-corrected chi connectivity index (χ3v) is 5.95. The Morgan fingerprint density at radius 1 is 1.30 bits per heavy atom. The normalized spacial score (nSPS) is 30.9. The molecular formula is C17H28N2S. The molecule has 0 amide bonds. The summed E-state index contributed by atoms with van der Waals surface area (Å²) in [5, 5.41) is 5.78. The van der Waals surface area contributed by atoms with E-state index >= 15 is 0 Å². The molecule has 3 atom stereocenters. The van der Waals surface area contributed by atoms with Gasteiger partial charge in [-0.1, -0.05) is 13.0 Å². The van der Waals surface area contributed by atoms with Crippen LogP contribution in [0.25, 0.3) is 0 Å². The van der Waals surface area contributed by atoms with Gasteiger partial charge in [0.2, 0.25) is 0 Å². The van der Waals surface area contributed by atoms with Crippen LogP contribution >= 0.6 is 11.3 Å². The van der Waals surface area contributed by atoms with Gasteiger partial charge in [0.15, 0.2) is 0 Å². The predicted octanol–water partition coefficient (Wildman–Crippen LogP) is 3.74. The Bertz CT molecular complexity index is 399. The zero-order valence-corrected chi connectivity index (χ0v) is 13.7. The summed E-state index contributed by atoms with van der Waals surface area (Å²) in [4.78, 5) is 4.29. The number of hydrogen-bond donors (Lipinski definition) is 1. The average Bonchev–Trinajstić information content (AvgIpc) is 3.17. The van der Waals surface area contributed by atoms with E-state index < -0.39 is 0 Å². The van der Waals surface area contributed by atoms with E-state index in [1.165, 1.54) is 50.1 Å². The standard InChI is InChI=1S/C17H28N2S/c1-13-5-8-17(18-2)14(10-13)11-19(15-6-7-15)12-16-4-3-9-20-16/h3-4,9,13-15,17-18H,5-8,10-12H2,1-2H3. The number of rotatable bonds is 6. The summed E-state index contributed by atoms with van der Waals surface area (Å²) in [5.74, 6) is 1.75. The molecule has 0 radical (unpaired) electrons. The molecule has 1 N–H and O–H groups in total. The van der Waals surface area contributed by atoms with Crippen LogP contribution in [0.3, 0.4) is 0 Å². The molecule has 20 heavy (non-hydrogen) atoms. The second kappa shape index (κ2) is 6.59. The van der Waals surface area contributed by atoms with Crippen molar-refractivity contribution in [3.05, 3.63) is 22.4 Å². The van der Waals surface area contributed by atoms with Crippen LogP contribution in [0.2, 0.25) is 0 Å². The molecule has 3 unspecified atom stereocenters. The van der Waals surface area contributed by atoms with E-state index in [0.29, 0.717) is 0 Å². The molecule has 2 saturated carbocycles. The summed E-state index contributed by atoms with van der Waals surface area (Å²) in [6, 6.07) is 6.08. The van der Waals surface area contributed by atoms with Crippen molar-refractivity contribution in [3.8, 4) is 0 Å². The van der Waals surface area contributed by atoms with E-state index in [0.717, 1.165) is 23.9 Å². The van der Waals surface area contributed by atoms with Crippen molar-refractivity contribution in [3.63, 3.8) is 0 Å². The molecule has 0 aliphatic heterocycles. The first-order valence-electron chi connectivity index (χ1n) is 8.20. The topological polar surface area (TPSA) is 15.3 Å². The maximum atomic E-state index is 3.57. The molecule has 3 rings (SSSR count). The van der Waals surface area contributed by atoms with E-state index in [4.69, 9.17) is 0 Å². The van der Waals surface area contributed by atoms with Crippen LogP contribution in [-0.2, 0) is 6.54 Å².